The average Bonchev–Trinajstić information content (AvgIpc) is 3.04. The van der Waals surface area contributed by atoms with Crippen molar-refractivity contribution in [2.24, 2.45) is 0 Å². The van der Waals surface area contributed by atoms with Crippen molar-refractivity contribution in [3.63, 3.8) is 0 Å². The molecule has 1 aliphatic carbocycles. The molecule has 23 heavy (non-hydrogen) atoms. The lowest BCUT2D eigenvalue weighted by molar-refractivity contribution is -0.138. The number of carboxylic acids is 1. The number of hydrogen-bond donors (Lipinski definition) is 1. The van der Waals surface area contributed by atoms with Crippen molar-refractivity contribution >= 4 is 5.97 Å². The number of benzene rings is 1. The molecule has 4 nitrogen and oxygen atoms in total. The first-order valence-electron chi connectivity index (χ1n) is 8.92. The number of ether oxygens (including phenoxy) is 1. The van der Waals surface area contributed by atoms with E-state index in [1.807, 2.05) is 0 Å². The number of carboxylic acid groups (broad SMARTS) is 1. The molecule has 0 bridgehead atoms. The van der Waals surface area contributed by atoms with Crippen LogP contribution in [0, 0.1) is 0 Å². The molecule has 0 unspecified atom stereocenters. The first-order valence-corrected chi connectivity index (χ1v) is 8.92. The number of carbonyl (C=O) groups is 1. The third-order valence-electron chi connectivity index (χ3n) is 5.07. The van der Waals surface area contributed by atoms with Crippen LogP contribution in [0.2, 0.25) is 0 Å². The fourth-order valence-electron chi connectivity index (χ4n) is 3.81. The smallest absolute Gasteiger partial charge is 0.304 e. The quantitative estimate of drug-likeness (QED) is 0.866. The molecule has 0 spiro atoms. The van der Waals surface area contributed by atoms with Crippen molar-refractivity contribution < 1.29 is 14.6 Å². The van der Waals surface area contributed by atoms with E-state index in [-0.39, 0.29) is 12.5 Å². The summed E-state index contributed by atoms with van der Waals surface area (Å²) in [5.41, 5.74) is 1.24. The van der Waals surface area contributed by atoms with Gasteiger partial charge in [-0.3, -0.25) is 9.69 Å². The van der Waals surface area contributed by atoms with Gasteiger partial charge in [-0.25, -0.2) is 0 Å². The molecule has 0 radical (unpaired) electrons. The summed E-state index contributed by atoms with van der Waals surface area (Å²) in [6, 6.07) is 8.54. The fourth-order valence-corrected chi connectivity index (χ4v) is 3.81. The van der Waals surface area contributed by atoms with E-state index in [0.29, 0.717) is 6.10 Å². The monoisotopic (exact) mass is 317 g/mol. The maximum Gasteiger partial charge on any atom is 0.304 e. The molecule has 2 fully saturated rings. The van der Waals surface area contributed by atoms with E-state index >= 15 is 0 Å². The van der Waals surface area contributed by atoms with Crippen molar-refractivity contribution in [3.8, 4) is 5.75 Å². The second-order valence-electron chi connectivity index (χ2n) is 6.89. The van der Waals surface area contributed by atoms with Crippen molar-refractivity contribution in [3.05, 3.63) is 29.8 Å². The first-order chi connectivity index (χ1) is 11.2. The van der Waals surface area contributed by atoms with Crippen LogP contribution in [0.4, 0.5) is 0 Å². The summed E-state index contributed by atoms with van der Waals surface area (Å²) in [6.45, 7) is 1.83. The minimum absolute atomic E-state index is 0.177. The predicted molar refractivity (Wildman–Crippen MR) is 89.6 cm³/mol. The van der Waals surface area contributed by atoms with Gasteiger partial charge in [-0.15, -0.1) is 0 Å². The molecule has 1 N–H and O–H groups in total. The normalized spacial score (nSPS) is 23.0. The molecule has 1 atom stereocenters. The fraction of sp³-hybridized carbons (Fsp3) is 0.632. The molecule has 126 valence electrons. The minimum Gasteiger partial charge on any atom is -0.490 e. The van der Waals surface area contributed by atoms with Crippen LogP contribution in [0.3, 0.4) is 0 Å². The number of piperidine rings is 1. The average molecular weight is 317 g/mol. The lowest BCUT2D eigenvalue weighted by Crippen LogP contribution is -2.40. The summed E-state index contributed by atoms with van der Waals surface area (Å²) in [6.07, 6.45) is 8.85. The SMILES string of the molecule is O=C(O)C[C@@H]1CCCCN1Cc1ccc(OC2CCCC2)cc1. The minimum atomic E-state index is -0.692. The van der Waals surface area contributed by atoms with E-state index in [9.17, 15) is 4.79 Å². The summed E-state index contributed by atoms with van der Waals surface area (Å²) in [5.74, 6) is 0.267. The molecule has 0 amide bonds. The molecule has 0 aromatic heterocycles. The predicted octanol–water partition coefficient (Wildman–Crippen LogP) is 3.84. The zero-order chi connectivity index (χ0) is 16.1. The number of hydrogen-bond acceptors (Lipinski definition) is 3. The molecule has 1 aliphatic heterocycles. The highest BCUT2D eigenvalue weighted by molar-refractivity contribution is 5.67. The maximum atomic E-state index is 11.0. The zero-order valence-electron chi connectivity index (χ0n) is 13.7. The highest BCUT2D eigenvalue weighted by Crippen LogP contribution is 2.26. The maximum absolute atomic E-state index is 11.0. The summed E-state index contributed by atoms with van der Waals surface area (Å²) in [4.78, 5) is 13.4. The van der Waals surface area contributed by atoms with Crippen LogP contribution < -0.4 is 4.74 Å². The zero-order valence-corrected chi connectivity index (χ0v) is 13.7. The van der Waals surface area contributed by atoms with E-state index in [2.05, 4.69) is 29.2 Å². The molecule has 2 aliphatic rings. The third kappa shape index (κ3) is 4.71. The Labute approximate surface area is 138 Å². The van der Waals surface area contributed by atoms with Gasteiger partial charge in [-0.05, 0) is 62.8 Å². The summed E-state index contributed by atoms with van der Waals surface area (Å²) < 4.78 is 6.00. The van der Waals surface area contributed by atoms with Gasteiger partial charge in [0.1, 0.15) is 5.75 Å². The summed E-state index contributed by atoms with van der Waals surface area (Å²) in [7, 11) is 0. The van der Waals surface area contributed by atoms with Crippen LogP contribution in [-0.4, -0.2) is 34.7 Å². The number of nitrogens with zero attached hydrogens (tertiary/aromatic N) is 1. The second kappa shape index (κ2) is 7.82. The molecular formula is C19H27NO3. The highest BCUT2D eigenvalue weighted by atomic mass is 16.5. The number of likely N-dealkylation sites (tertiary alicyclic amines) is 1. The van der Waals surface area contributed by atoms with Crippen LogP contribution in [-0.2, 0) is 11.3 Å². The van der Waals surface area contributed by atoms with Gasteiger partial charge in [-0.1, -0.05) is 18.6 Å². The van der Waals surface area contributed by atoms with E-state index in [1.165, 1.54) is 37.7 Å². The largest absolute Gasteiger partial charge is 0.490 e. The Kier molecular flexibility index (Phi) is 5.55. The van der Waals surface area contributed by atoms with Crippen LogP contribution in [0.1, 0.15) is 56.9 Å². The first kappa shape index (κ1) is 16.3. The standard InChI is InChI=1S/C19H27NO3/c21-19(22)13-16-5-3-4-12-20(16)14-15-8-10-18(11-9-15)23-17-6-1-2-7-17/h8-11,16-17H,1-7,12-14H2,(H,21,22)/t16-/m0/s1. The van der Waals surface area contributed by atoms with Crippen molar-refractivity contribution in [2.75, 3.05) is 6.54 Å². The van der Waals surface area contributed by atoms with E-state index < -0.39 is 5.97 Å². The van der Waals surface area contributed by atoms with Crippen molar-refractivity contribution in [2.45, 2.75) is 70.1 Å². The van der Waals surface area contributed by atoms with Gasteiger partial charge in [-0.2, -0.15) is 0 Å². The van der Waals surface area contributed by atoms with Gasteiger partial charge in [0.25, 0.3) is 0 Å². The van der Waals surface area contributed by atoms with Gasteiger partial charge in [0.2, 0.25) is 0 Å². The lowest BCUT2D eigenvalue weighted by atomic mass is 9.98. The molecule has 1 aromatic rings. The van der Waals surface area contributed by atoms with Crippen LogP contribution in [0.15, 0.2) is 24.3 Å². The number of rotatable bonds is 6. The Hall–Kier alpha value is -1.55. The van der Waals surface area contributed by atoms with E-state index in [1.54, 1.807) is 0 Å². The van der Waals surface area contributed by atoms with Crippen molar-refractivity contribution in [1.29, 1.82) is 0 Å². The van der Waals surface area contributed by atoms with Gasteiger partial charge < -0.3 is 9.84 Å². The van der Waals surface area contributed by atoms with E-state index in [4.69, 9.17) is 9.84 Å². The Balaban J connectivity index is 1.56. The van der Waals surface area contributed by atoms with Gasteiger partial charge in [0.15, 0.2) is 0 Å². The Bertz CT molecular complexity index is 508. The summed E-state index contributed by atoms with van der Waals surface area (Å²) in [5, 5.41) is 9.08. The molecule has 1 heterocycles. The van der Waals surface area contributed by atoms with Gasteiger partial charge >= 0.3 is 5.97 Å². The lowest BCUT2D eigenvalue weighted by Gasteiger charge is -2.35. The second-order valence-corrected chi connectivity index (χ2v) is 6.89. The van der Waals surface area contributed by atoms with Crippen LogP contribution in [0.25, 0.3) is 0 Å². The van der Waals surface area contributed by atoms with Gasteiger partial charge in [0, 0.05) is 12.6 Å². The van der Waals surface area contributed by atoms with E-state index in [0.717, 1.165) is 31.7 Å². The Morgan fingerprint density at radius 1 is 1.09 bits per heavy atom. The molecule has 4 heteroatoms. The molecular weight excluding hydrogens is 290 g/mol. The Morgan fingerprint density at radius 2 is 1.78 bits per heavy atom. The van der Waals surface area contributed by atoms with Crippen molar-refractivity contribution in [1.82, 2.24) is 4.90 Å². The molecule has 1 saturated heterocycles. The summed E-state index contributed by atoms with van der Waals surface area (Å²) >= 11 is 0. The molecule has 3 rings (SSSR count). The van der Waals surface area contributed by atoms with Gasteiger partial charge in [0.05, 0.1) is 12.5 Å². The van der Waals surface area contributed by atoms with Crippen LogP contribution in [0.5, 0.6) is 5.75 Å². The number of aliphatic carboxylic acids is 1. The molecule has 1 aromatic carbocycles. The molecule has 1 saturated carbocycles. The topological polar surface area (TPSA) is 49.8 Å². The van der Waals surface area contributed by atoms with Crippen LogP contribution >= 0.6 is 0 Å². The highest BCUT2D eigenvalue weighted by Gasteiger charge is 2.24. The third-order valence-corrected chi connectivity index (χ3v) is 5.07. The Morgan fingerprint density at radius 3 is 2.48 bits per heavy atom.